The summed E-state index contributed by atoms with van der Waals surface area (Å²) in [7, 11) is 0. The molecular weight excluding hydrogens is 361 g/mol. The lowest BCUT2D eigenvalue weighted by Gasteiger charge is -2.24. The maximum atomic E-state index is 12.7. The number of hydrogen-bond donors (Lipinski definition) is 1. The molecule has 2 aromatic rings. The van der Waals surface area contributed by atoms with Gasteiger partial charge in [-0.15, -0.1) is 0 Å². The first kappa shape index (κ1) is 17.7. The van der Waals surface area contributed by atoms with Crippen molar-refractivity contribution in [3.63, 3.8) is 0 Å². The van der Waals surface area contributed by atoms with Crippen molar-refractivity contribution in [2.75, 3.05) is 6.54 Å². The lowest BCUT2D eigenvalue weighted by atomic mass is 10.1. The molecule has 2 amide bonds. The van der Waals surface area contributed by atoms with Crippen LogP contribution in [0.1, 0.15) is 28.9 Å². The van der Waals surface area contributed by atoms with Gasteiger partial charge in [0.25, 0.3) is 5.91 Å². The van der Waals surface area contributed by atoms with Crippen molar-refractivity contribution in [1.29, 1.82) is 0 Å². The smallest absolute Gasteiger partial charge is 0.254 e. The highest BCUT2D eigenvalue weighted by Crippen LogP contribution is 2.26. The first-order valence-corrected chi connectivity index (χ1v) is 8.75. The highest BCUT2D eigenvalue weighted by Gasteiger charge is 2.34. The van der Waals surface area contributed by atoms with E-state index in [0.29, 0.717) is 35.1 Å². The van der Waals surface area contributed by atoms with Crippen molar-refractivity contribution >= 4 is 35.0 Å². The van der Waals surface area contributed by atoms with Gasteiger partial charge in [-0.2, -0.15) is 0 Å². The molecule has 7 heteroatoms. The van der Waals surface area contributed by atoms with Gasteiger partial charge in [0.1, 0.15) is 6.04 Å². The Morgan fingerprint density at radius 1 is 1.20 bits per heavy atom. The van der Waals surface area contributed by atoms with Crippen molar-refractivity contribution in [1.82, 2.24) is 15.2 Å². The fourth-order valence-electron chi connectivity index (χ4n) is 2.88. The molecule has 1 fully saturated rings. The van der Waals surface area contributed by atoms with Gasteiger partial charge in [0, 0.05) is 18.3 Å². The molecule has 3 rings (SSSR count). The normalized spacial score (nSPS) is 16.7. The number of nitrogens with one attached hydrogen (secondary N) is 1. The number of pyridine rings is 1. The molecule has 1 atom stereocenters. The fraction of sp³-hybridized carbons (Fsp3) is 0.278. The summed E-state index contributed by atoms with van der Waals surface area (Å²) >= 11 is 11.9. The standard InChI is InChI=1S/C18H17Cl2N3O2/c19-14-7-6-12(10-15(14)20)18(25)23-9-3-5-16(23)17(24)22-11-13-4-1-2-8-21-13/h1-2,4,6-8,10,16H,3,5,9,11H2,(H,22,24)/t16-/m0/s1. The molecule has 1 aromatic carbocycles. The topological polar surface area (TPSA) is 62.3 Å². The number of likely N-dealkylation sites (tertiary alicyclic amines) is 1. The van der Waals surface area contributed by atoms with E-state index < -0.39 is 6.04 Å². The second-order valence-corrected chi connectivity index (χ2v) is 6.64. The number of halogens is 2. The van der Waals surface area contributed by atoms with E-state index in [2.05, 4.69) is 10.3 Å². The highest BCUT2D eigenvalue weighted by atomic mass is 35.5. The molecule has 1 saturated heterocycles. The minimum atomic E-state index is -0.481. The maximum absolute atomic E-state index is 12.7. The summed E-state index contributed by atoms with van der Waals surface area (Å²) in [5.74, 6) is -0.384. The highest BCUT2D eigenvalue weighted by molar-refractivity contribution is 6.42. The first-order chi connectivity index (χ1) is 12.1. The van der Waals surface area contributed by atoms with Gasteiger partial charge in [0.2, 0.25) is 5.91 Å². The monoisotopic (exact) mass is 377 g/mol. The maximum Gasteiger partial charge on any atom is 0.254 e. The quantitative estimate of drug-likeness (QED) is 0.888. The second-order valence-electron chi connectivity index (χ2n) is 5.82. The first-order valence-electron chi connectivity index (χ1n) is 8.00. The summed E-state index contributed by atoms with van der Waals surface area (Å²) < 4.78 is 0. The van der Waals surface area contributed by atoms with E-state index in [1.54, 1.807) is 23.2 Å². The minimum absolute atomic E-state index is 0.170. The van der Waals surface area contributed by atoms with Crippen LogP contribution in [0.3, 0.4) is 0 Å². The SMILES string of the molecule is O=C(NCc1ccccn1)[C@@H]1CCCN1C(=O)c1ccc(Cl)c(Cl)c1. The summed E-state index contributed by atoms with van der Waals surface area (Å²) in [5, 5.41) is 3.57. The van der Waals surface area contributed by atoms with Crippen LogP contribution in [0.4, 0.5) is 0 Å². The number of carbonyl (C=O) groups is 2. The molecule has 25 heavy (non-hydrogen) atoms. The number of hydrogen-bond acceptors (Lipinski definition) is 3. The molecule has 130 valence electrons. The van der Waals surface area contributed by atoms with Crippen LogP contribution in [0.15, 0.2) is 42.6 Å². The van der Waals surface area contributed by atoms with E-state index in [9.17, 15) is 9.59 Å². The van der Waals surface area contributed by atoms with Crippen LogP contribution in [0.25, 0.3) is 0 Å². The third-order valence-electron chi connectivity index (χ3n) is 4.15. The van der Waals surface area contributed by atoms with E-state index in [-0.39, 0.29) is 11.8 Å². The summed E-state index contributed by atoms with van der Waals surface area (Å²) in [4.78, 5) is 31.0. The molecule has 5 nitrogen and oxygen atoms in total. The van der Waals surface area contributed by atoms with Crippen LogP contribution in [0.2, 0.25) is 10.0 Å². The molecular formula is C18H17Cl2N3O2. The largest absolute Gasteiger partial charge is 0.349 e. The van der Waals surface area contributed by atoms with Crippen LogP contribution in [-0.2, 0) is 11.3 Å². The lowest BCUT2D eigenvalue weighted by molar-refractivity contribution is -0.125. The zero-order valence-corrected chi connectivity index (χ0v) is 14.9. The number of benzene rings is 1. The molecule has 0 radical (unpaired) electrons. The molecule has 1 aliphatic heterocycles. The van der Waals surface area contributed by atoms with Crippen molar-refractivity contribution in [2.45, 2.75) is 25.4 Å². The lowest BCUT2D eigenvalue weighted by Crippen LogP contribution is -2.45. The molecule has 1 aromatic heterocycles. The molecule has 0 saturated carbocycles. The van der Waals surface area contributed by atoms with Gasteiger partial charge in [0.15, 0.2) is 0 Å². The minimum Gasteiger partial charge on any atom is -0.349 e. The van der Waals surface area contributed by atoms with Gasteiger partial charge >= 0.3 is 0 Å². The average Bonchev–Trinajstić information content (AvgIpc) is 3.12. The van der Waals surface area contributed by atoms with Crippen LogP contribution in [0.5, 0.6) is 0 Å². The van der Waals surface area contributed by atoms with Gasteiger partial charge < -0.3 is 10.2 Å². The van der Waals surface area contributed by atoms with Gasteiger partial charge in [-0.25, -0.2) is 0 Å². The third kappa shape index (κ3) is 4.11. The Morgan fingerprint density at radius 3 is 2.76 bits per heavy atom. The summed E-state index contributed by atoms with van der Waals surface area (Å²) in [6.45, 7) is 0.881. The number of amides is 2. The predicted octanol–water partition coefficient (Wildman–Crippen LogP) is 3.31. The molecule has 1 aliphatic rings. The Morgan fingerprint density at radius 2 is 2.04 bits per heavy atom. The van der Waals surface area contributed by atoms with Crippen molar-refractivity contribution in [3.8, 4) is 0 Å². The molecule has 0 unspecified atom stereocenters. The van der Waals surface area contributed by atoms with Crippen molar-refractivity contribution < 1.29 is 9.59 Å². The number of nitrogens with zero attached hydrogens (tertiary/aromatic N) is 2. The molecule has 0 aliphatic carbocycles. The number of carbonyl (C=O) groups excluding carboxylic acids is 2. The second kappa shape index (κ2) is 7.85. The zero-order valence-electron chi connectivity index (χ0n) is 13.4. The fourth-order valence-corrected chi connectivity index (χ4v) is 3.17. The summed E-state index contributed by atoms with van der Waals surface area (Å²) in [5.41, 5.74) is 1.20. The van der Waals surface area contributed by atoms with E-state index >= 15 is 0 Å². The van der Waals surface area contributed by atoms with Gasteiger partial charge in [-0.1, -0.05) is 29.3 Å². The van der Waals surface area contributed by atoms with E-state index in [1.165, 1.54) is 6.07 Å². The van der Waals surface area contributed by atoms with Crippen LogP contribution in [-0.4, -0.2) is 34.3 Å². The van der Waals surface area contributed by atoms with Crippen LogP contribution in [0, 0.1) is 0 Å². The van der Waals surface area contributed by atoms with Crippen LogP contribution < -0.4 is 5.32 Å². The van der Waals surface area contributed by atoms with Gasteiger partial charge in [-0.3, -0.25) is 14.6 Å². The molecule has 1 N–H and O–H groups in total. The molecule has 0 spiro atoms. The van der Waals surface area contributed by atoms with Crippen molar-refractivity contribution in [2.24, 2.45) is 0 Å². The van der Waals surface area contributed by atoms with E-state index in [1.807, 2.05) is 18.2 Å². The Labute approximate surface area is 155 Å². The van der Waals surface area contributed by atoms with E-state index in [4.69, 9.17) is 23.2 Å². The van der Waals surface area contributed by atoms with Gasteiger partial charge in [-0.05, 0) is 43.2 Å². The third-order valence-corrected chi connectivity index (χ3v) is 4.89. The Kier molecular flexibility index (Phi) is 5.56. The molecule has 2 heterocycles. The number of rotatable bonds is 4. The Hall–Kier alpha value is -2.11. The Bertz CT molecular complexity index is 783. The van der Waals surface area contributed by atoms with Crippen molar-refractivity contribution in [3.05, 3.63) is 63.9 Å². The average molecular weight is 378 g/mol. The number of aromatic nitrogens is 1. The zero-order chi connectivity index (χ0) is 17.8. The summed E-state index contributed by atoms with van der Waals surface area (Å²) in [6.07, 6.45) is 3.10. The Balaban J connectivity index is 1.67. The van der Waals surface area contributed by atoms with E-state index in [0.717, 1.165) is 12.1 Å². The van der Waals surface area contributed by atoms with Gasteiger partial charge in [0.05, 0.1) is 22.3 Å². The molecule has 0 bridgehead atoms. The summed E-state index contributed by atoms with van der Waals surface area (Å²) in [6, 6.07) is 9.79. The predicted molar refractivity (Wildman–Crippen MR) is 96.6 cm³/mol. The van der Waals surface area contributed by atoms with Crippen LogP contribution >= 0.6 is 23.2 Å².